The topological polar surface area (TPSA) is 47.1 Å². The molecule has 2 heterocycles. The highest BCUT2D eigenvalue weighted by Gasteiger charge is 2.43. The van der Waals surface area contributed by atoms with Gasteiger partial charge in [0.25, 0.3) is 0 Å². The molecule has 2 aromatic rings. The number of aromatic nitrogens is 2. The van der Waals surface area contributed by atoms with Crippen molar-refractivity contribution in [2.75, 3.05) is 0 Å². The maximum atomic E-state index is 13.8. The molecule has 0 saturated carbocycles. The Kier molecular flexibility index (Phi) is 2.25. The molecule has 3 rings (SSSR count). The summed E-state index contributed by atoms with van der Waals surface area (Å²) in [6, 6.07) is 3.15. The second-order valence-corrected chi connectivity index (χ2v) is 4.80. The number of rotatable bonds is 1. The molecule has 0 bridgehead atoms. The van der Waals surface area contributed by atoms with Crippen LogP contribution in [0.2, 0.25) is 0 Å². The molecular weight excluding hydrogens is 234 g/mol. The summed E-state index contributed by atoms with van der Waals surface area (Å²) in [7, 11) is -0.630. The maximum absolute atomic E-state index is 13.8. The lowest BCUT2D eigenvalue weighted by atomic mass is 9.79. The number of hydrogen-bond donors (Lipinski definition) is 1. The first-order chi connectivity index (χ1) is 8.47. The Morgan fingerprint density at radius 2 is 2.22 bits per heavy atom. The molecule has 1 fully saturated rings. The Bertz CT molecular complexity index is 638. The molecule has 1 aromatic carbocycles. The van der Waals surface area contributed by atoms with E-state index in [1.54, 1.807) is 6.07 Å². The van der Waals surface area contributed by atoms with Crippen LogP contribution in [0.5, 0.6) is 0 Å². The molecule has 1 aromatic heterocycles. The number of H-pyrrole nitrogens is 1. The van der Waals surface area contributed by atoms with Crippen LogP contribution in [0.1, 0.15) is 13.8 Å². The normalized spacial score (nSPS) is 18.4. The Balaban J connectivity index is 2.03. The molecule has 1 aliphatic heterocycles. The average molecular weight is 246 g/mol. The quantitative estimate of drug-likeness (QED) is 0.779. The molecule has 0 aliphatic carbocycles. The lowest BCUT2D eigenvalue weighted by Crippen LogP contribution is -2.34. The van der Waals surface area contributed by atoms with Gasteiger partial charge in [-0.1, -0.05) is 6.58 Å². The second-order valence-electron chi connectivity index (χ2n) is 4.80. The smallest absolute Gasteiger partial charge is 0.534 e. The van der Waals surface area contributed by atoms with Gasteiger partial charge in [0.15, 0.2) is 5.82 Å². The van der Waals surface area contributed by atoms with Gasteiger partial charge < -0.3 is 14.3 Å². The molecule has 6 heteroatoms. The summed E-state index contributed by atoms with van der Waals surface area (Å²) in [6.07, 6.45) is 1.46. The third kappa shape index (κ3) is 1.61. The zero-order valence-electron chi connectivity index (χ0n) is 10.2. The van der Waals surface area contributed by atoms with Gasteiger partial charge in [0.1, 0.15) is 11.1 Å². The molecular formula is C12H12BFN2O2. The Morgan fingerprint density at radius 3 is 2.89 bits per heavy atom. The number of fused-ring (bicyclic) bond motifs is 1. The summed E-state index contributed by atoms with van der Waals surface area (Å²) in [5.74, 6) is 0.142. The highest BCUT2D eigenvalue weighted by molar-refractivity contribution is 6.62. The van der Waals surface area contributed by atoms with Crippen LogP contribution >= 0.6 is 0 Å². The summed E-state index contributed by atoms with van der Waals surface area (Å²) in [6.45, 7) is 7.52. The molecule has 0 spiro atoms. The van der Waals surface area contributed by atoms with Crippen LogP contribution in [0.3, 0.4) is 0 Å². The van der Waals surface area contributed by atoms with Gasteiger partial charge in [-0.2, -0.15) is 0 Å². The van der Waals surface area contributed by atoms with E-state index >= 15 is 0 Å². The number of hydrogen-bond acceptors (Lipinski definition) is 3. The zero-order chi connectivity index (χ0) is 12.9. The highest BCUT2D eigenvalue weighted by atomic mass is 19.1. The first-order valence-corrected chi connectivity index (χ1v) is 5.64. The van der Waals surface area contributed by atoms with Crippen LogP contribution in [-0.4, -0.2) is 22.7 Å². The maximum Gasteiger partial charge on any atom is 0.563 e. The predicted octanol–water partition coefficient (Wildman–Crippen LogP) is 1.74. The van der Waals surface area contributed by atoms with Crippen LogP contribution in [-0.2, 0) is 9.31 Å². The molecule has 1 N–H and O–H groups in total. The number of benzene rings is 1. The number of nitrogens with zero attached hydrogens (tertiary/aromatic N) is 1. The summed E-state index contributed by atoms with van der Waals surface area (Å²) in [5, 5.41) is 0. The lowest BCUT2D eigenvalue weighted by Gasteiger charge is -2.15. The van der Waals surface area contributed by atoms with Crippen molar-refractivity contribution in [1.29, 1.82) is 0 Å². The summed E-state index contributed by atoms with van der Waals surface area (Å²) < 4.78 is 25.0. The van der Waals surface area contributed by atoms with E-state index in [9.17, 15) is 4.39 Å². The number of aromatic amines is 1. The number of halogens is 1. The largest absolute Gasteiger partial charge is 0.563 e. The van der Waals surface area contributed by atoms with Crippen molar-refractivity contribution in [2.45, 2.75) is 19.4 Å². The van der Waals surface area contributed by atoms with Gasteiger partial charge in [0, 0.05) is 5.46 Å². The SMILES string of the molecule is C=C1OB(c2cc(F)c3nc[nH]c3c2)OC1(C)C. The molecule has 0 atom stereocenters. The van der Waals surface area contributed by atoms with Crippen molar-refractivity contribution >= 4 is 23.6 Å². The van der Waals surface area contributed by atoms with Gasteiger partial charge in [0.2, 0.25) is 0 Å². The Hall–Kier alpha value is -1.82. The van der Waals surface area contributed by atoms with Gasteiger partial charge in [-0.3, -0.25) is 0 Å². The second kappa shape index (κ2) is 3.59. The fraction of sp³-hybridized carbons (Fsp3) is 0.250. The fourth-order valence-corrected chi connectivity index (χ4v) is 1.93. The van der Waals surface area contributed by atoms with Crippen LogP contribution in [0.4, 0.5) is 4.39 Å². The summed E-state index contributed by atoms with van der Waals surface area (Å²) in [5.41, 5.74) is 0.975. The van der Waals surface area contributed by atoms with Crippen molar-refractivity contribution in [3.63, 3.8) is 0 Å². The Morgan fingerprint density at radius 1 is 1.44 bits per heavy atom. The first-order valence-electron chi connectivity index (χ1n) is 5.64. The van der Waals surface area contributed by atoms with Crippen LogP contribution < -0.4 is 5.46 Å². The van der Waals surface area contributed by atoms with E-state index in [-0.39, 0.29) is 0 Å². The van der Waals surface area contributed by atoms with Gasteiger partial charge in [-0.15, -0.1) is 0 Å². The van der Waals surface area contributed by atoms with Crippen molar-refractivity contribution in [3.8, 4) is 0 Å². The predicted molar refractivity (Wildman–Crippen MR) is 66.8 cm³/mol. The minimum absolute atomic E-state index is 0.315. The first kappa shape index (κ1) is 11.3. The van der Waals surface area contributed by atoms with Gasteiger partial charge >= 0.3 is 7.12 Å². The fourth-order valence-electron chi connectivity index (χ4n) is 1.93. The van der Waals surface area contributed by atoms with Gasteiger partial charge in [-0.05, 0) is 26.0 Å². The molecule has 1 saturated heterocycles. The van der Waals surface area contributed by atoms with Gasteiger partial charge in [0.05, 0.1) is 17.6 Å². The van der Waals surface area contributed by atoms with E-state index in [0.29, 0.717) is 22.3 Å². The van der Waals surface area contributed by atoms with Crippen molar-refractivity contribution in [3.05, 3.63) is 36.6 Å². The van der Waals surface area contributed by atoms with Gasteiger partial charge in [-0.25, -0.2) is 9.37 Å². The average Bonchev–Trinajstić information content (AvgIpc) is 2.84. The minimum atomic E-state index is -0.630. The van der Waals surface area contributed by atoms with Crippen LogP contribution in [0.15, 0.2) is 30.8 Å². The molecule has 92 valence electrons. The third-order valence-corrected chi connectivity index (χ3v) is 3.09. The number of imidazole rings is 1. The molecule has 18 heavy (non-hydrogen) atoms. The van der Waals surface area contributed by atoms with E-state index in [0.717, 1.165) is 0 Å². The summed E-state index contributed by atoms with van der Waals surface area (Å²) >= 11 is 0. The lowest BCUT2D eigenvalue weighted by molar-refractivity contribution is 0.173. The van der Waals surface area contributed by atoms with E-state index in [4.69, 9.17) is 9.31 Å². The van der Waals surface area contributed by atoms with Crippen molar-refractivity contribution < 1.29 is 13.7 Å². The standard InChI is InChI=1S/C12H12BFN2O2/c1-7-12(2,3)18-13(17-7)8-4-9(14)11-10(5-8)15-6-16-11/h4-6H,1H2,2-3H3,(H,15,16). The molecule has 0 amide bonds. The van der Waals surface area contributed by atoms with E-state index < -0.39 is 18.5 Å². The van der Waals surface area contributed by atoms with E-state index in [1.165, 1.54) is 12.4 Å². The zero-order valence-corrected chi connectivity index (χ0v) is 10.2. The molecule has 0 radical (unpaired) electrons. The Labute approximate surface area is 104 Å². The highest BCUT2D eigenvalue weighted by Crippen LogP contribution is 2.29. The van der Waals surface area contributed by atoms with E-state index in [2.05, 4.69) is 16.5 Å². The van der Waals surface area contributed by atoms with Crippen molar-refractivity contribution in [1.82, 2.24) is 9.97 Å². The van der Waals surface area contributed by atoms with Crippen LogP contribution in [0, 0.1) is 5.82 Å². The van der Waals surface area contributed by atoms with E-state index in [1.807, 2.05) is 13.8 Å². The number of nitrogens with one attached hydrogen (secondary N) is 1. The monoisotopic (exact) mass is 246 g/mol. The molecule has 1 aliphatic rings. The third-order valence-electron chi connectivity index (χ3n) is 3.09. The molecule has 4 nitrogen and oxygen atoms in total. The summed E-state index contributed by atoms with van der Waals surface area (Å²) in [4.78, 5) is 6.77. The minimum Gasteiger partial charge on any atom is -0.534 e. The van der Waals surface area contributed by atoms with Crippen molar-refractivity contribution in [2.24, 2.45) is 0 Å². The molecule has 0 unspecified atom stereocenters. The van der Waals surface area contributed by atoms with Crippen LogP contribution in [0.25, 0.3) is 11.0 Å².